The lowest BCUT2D eigenvalue weighted by Crippen LogP contribution is -2.64. The molecule has 33 heavy (non-hydrogen) atoms. The summed E-state index contributed by atoms with van der Waals surface area (Å²) in [4.78, 5) is 52.1. The number of nitrogens with one attached hydrogen (secondary N) is 3. The first-order valence-corrected chi connectivity index (χ1v) is 11.4. The summed E-state index contributed by atoms with van der Waals surface area (Å²) in [6.07, 6.45) is 2.55. The second-order valence-corrected chi connectivity index (χ2v) is 9.96. The van der Waals surface area contributed by atoms with Gasteiger partial charge in [-0.05, 0) is 58.8 Å². The molecule has 1 saturated heterocycles. The summed E-state index contributed by atoms with van der Waals surface area (Å²) in [6, 6.07) is -1.57. The number of esters is 1. The Morgan fingerprint density at radius 2 is 1.91 bits per heavy atom. The van der Waals surface area contributed by atoms with Crippen LogP contribution in [0.4, 0.5) is 0 Å². The molecule has 1 rings (SSSR count). The molecule has 0 aromatic carbocycles. The molecule has 0 radical (unpaired) electrons. The van der Waals surface area contributed by atoms with Gasteiger partial charge in [-0.25, -0.2) is 4.79 Å². The number of nitrogens with zero attached hydrogens (tertiary/aromatic N) is 1. The average molecular weight is 469 g/mol. The number of carbonyl (C=O) groups is 4. The number of carbonyl (C=O) groups excluding carboxylic acids is 4. The van der Waals surface area contributed by atoms with E-state index in [4.69, 9.17) is 21.6 Å². The van der Waals surface area contributed by atoms with Gasteiger partial charge in [0.05, 0.1) is 6.04 Å². The molecule has 2 amide bonds. The minimum absolute atomic E-state index is 0.0654. The second-order valence-electron chi connectivity index (χ2n) is 9.96. The van der Waals surface area contributed by atoms with Gasteiger partial charge in [0.25, 0.3) is 5.91 Å². The van der Waals surface area contributed by atoms with Crippen molar-refractivity contribution in [2.75, 3.05) is 13.1 Å². The number of ether oxygens (including phenoxy) is 1. The van der Waals surface area contributed by atoms with Crippen molar-refractivity contribution in [1.29, 1.82) is 5.41 Å². The van der Waals surface area contributed by atoms with Crippen molar-refractivity contribution in [1.82, 2.24) is 15.5 Å². The van der Waals surface area contributed by atoms with Crippen molar-refractivity contribution >= 4 is 30.0 Å². The molecule has 188 valence electrons. The topological polar surface area (TPSA) is 181 Å². The SMILES string of the molecule is CC(C)C[C@](N)(C(=O)OC(C)(C)C)C(=O)N1CCC[C@H]1C(=O)N[C@H](C=O)CCCNC(=N)N. The van der Waals surface area contributed by atoms with Crippen LogP contribution >= 0.6 is 0 Å². The zero-order valence-corrected chi connectivity index (χ0v) is 20.4. The molecule has 0 aromatic heterocycles. The highest BCUT2D eigenvalue weighted by molar-refractivity contribution is 6.08. The Kier molecular flexibility index (Phi) is 10.3. The van der Waals surface area contributed by atoms with Crippen molar-refractivity contribution in [2.45, 2.75) is 89.9 Å². The average Bonchev–Trinajstić information content (AvgIpc) is 3.17. The maximum atomic E-state index is 13.5. The molecule has 0 bridgehead atoms. The predicted molar refractivity (Wildman–Crippen MR) is 124 cm³/mol. The minimum atomic E-state index is -1.91. The predicted octanol–water partition coefficient (Wildman–Crippen LogP) is 0.00967. The first-order chi connectivity index (χ1) is 15.2. The third-order valence-electron chi connectivity index (χ3n) is 5.19. The molecule has 1 aliphatic rings. The maximum absolute atomic E-state index is 13.5. The summed E-state index contributed by atoms with van der Waals surface area (Å²) in [5.74, 6) is -2.16. The number of nitrogens with two attached hydrogens (primary N) is 2. The highest BCUT2D eigenvalue weighted by Crippen LogP contribution is 2.27. The van der Waals surface area contributed by atoms with Crippen LogP contribution in [0.3, 0.4) is 0 Å². The van der Waals surface area contributed by atoms with Gasteiger partial charge in [0.2, 0.25) is 5.91 Å². The number of rotatable bonds is 11. The minimum Gasteiger partial charge on any atom is -0.458 e. The van der Waals surface area contributed by atoms with Crippen LogP contribution in [-0.4, -0.2) is 71.2 Å². The lowest BCUT2D eigenvalue weighted by molar-refractivity contribution is -0.168. The van der Waals surface area contributed by atoms with Crippen LogP contribution in [-0.2, 0) is 23.9 Å². The number of amides is 2. The van der Waals surface area contributed by atoms with E-state index in [1.54, 1.807) is 20.8 Å². The van der Waals surface area contributed by atoms with Crippen LogP contribution in [0.1, 0.15) is 66.7 Å². The van der Waals surface area contributed by atoms with Crippen LogP contribution in [0.25, 0.3) is 0 Å². The smallest absolute Gasteiger partial charge is 0.336 e. The van der Waals surface area contributed by atoms with E-state index in [0.29, 0.717) is 38.5 Å². The van der Waals surface area contributed by atoms with Crippen LogP contribution in [0, 0.1) is 11.3 Å². The quantitative estimate of drug-likeness (QED) is 0.0702. The first-order valence-electron chi connectivity index (χ1n) is 11.4. The Bertz CT molecular complexity index is 735. The lowest BCUT2D eigenvalue weighted by atomic mass is 9.87. The van der Waals surface area contributed by atoms with Crippen molar-refractivity contribution in [3.8, 4) is 0 Å². The van der Waals surface area contributed by atoms with Gasteiger partial charge in [-0.15, -0.1) is 0 Å². The zero-order valence-electron chi connectivity index (χ0n) is 20.4. The Morgan fingerprint density at radius 3 is 2.42 bits per heavy atom. The largest absolute Gasteiger partial charge is 0.458 e. The molecule has 0 aliphatic carbocycles. The molecule has 11 heteroatoms. The fraction of sp³-hybridized carbons (Fsp3) is 0.773. The summed E-state index contributed by atoms with van der Waals surface area (Å²) < 4.78 is 5.45. The molecule has 1 aliphatic heterocycles. The number of likely N-dealkylation sites (tertiary alicyclic amines) is 1. The van der Waals surface area contributed by atoms with Crippen molar-refractivity contribution < 1.29 is 23.9 Å². The molecule has 1 fully saturated rings. The van der Waals surface area contributed by atoms with E-state index in [0.717, 1.165) is 0 Å². The van der Waals surface area contributed by atoms with Gasteiger partial charge in [0.1, 0.15) is 17.9 Å². The van der Waals surface area contributed by atoms with E-state index in [9.17, 15) is 19.2 Å². The van der Waals surface area contributed by atoms with Gasteiger partial charge >= 0.3 is 5.97 Å². The van der Waals surface area contributed by atoms with Crippen LogP contribution in [0.15, 0.2) is 0 Å². The normalized spacial score (nSPS) is 18.9. The van der Waals surface area contributed by atoms with Crippen molar-refractivity contribution in [2.24, 2.45) is 17.4 Å². The van der Waals surface area contributed by atoms with Crippen molar-refractivity contribution in [3.63, 3.8) is 0 Å². The fourth-order valence-corrected chi connectivity index (χ4v) is 3.81. The van der Waals surface area contributed by atoms with Crippen LogP contribution < -0.4 is 22.1 Å². The number of hydrogen-bond acceptors (Lipinski definition) is 7. The van der Waals surface area contributed by atoms with E-state index in [1.165, 1.54) is 4.90 Å². The lowest BCUT2D eigenvalue weighted by Gasteiger charge is -2.36. The molecule has 0 unspecified atom stereocenters. The highest BCUT2D eigenvalue weighted by atomic mass is 16.6. The van der Waals surface area contributed by atoms with Gasteiger partial charge in [0.15, 0.2) is 11.5 Å². The van der Waals surface area contributed by atoms with Gasteiger partial charge in [-0.2, -0.15) is 0 Å². The van der Waals surface area contributed by atoms with E-state index >= 15 is 0 Å². The Morgan fingerprint density at radius 1 is 1.27 bits per heavy atom. The molecule has 0 spiro atoms. The summed E-state index contributed by atoms with van der Waals surface area (Å²) >= 11 is 0. The number of hydrogen-bond donors (Lipinski definition) is 5. The Balaban J connectivity index is 2.95. The molecule has 0 saturated carbocycles. The van der Waals surface area contributed by atoms with E-state index in [1.807, 2.05) is 13.8 Å². The van der Waals surface area contributed by atoms with Gasteiger partial charge in [-0.3, -0.25) is 15.0 Å². The second kappa shape index (κ2) is 12.0. The van der Waals surface area contributed by atoms with Crippen LogP contribution in [0.2, 0.25) is 0 Å². The van der Waals surface area contributed by atoms with Gasteiger partial charge in [0, 0.05) is 13.1 Å². The van der Waals surface area contributed by atoms with E-state index in [2.05, 4.69) is 10.6 Å². The highest BCUT2D eigenvalue weighted by Gasteiger charge is 2.50. The molecular weight excluding hydrogens is 428 g/mol. The third kappa shape index (κ3) is 8.64. The van der Waals surface area contributed by atoms with Gasteiger partial charge in [-0.1, -0.05) is 13.8 Å². The zero-order chi connectivity index (χ0) is 25.4. The molecular formula is C22H40N6O5. The number of guanidine groups is 1. The molecule has 1 heterocycles. The third-order valence-corrected chi connectivity index (χ3v) is 5.19. The standard InChI is InChI=1S/C22H40N6O5/c1-14(2)12-22(25,19(32)33-21(3,4)5)18(31)28-11-7-9-16(28)17(30)27-15(13-29)8-6-10-26-20(23)24/h13-16H,6-12,25H2,1-5H3,(H,27,30)(H4,23,24,26)/t15-,16-,22+/m0/s1. The summed E-state index contributed by atoms with van der Waals surface area (Å²) in [6.45, 7) is 9.47. The molecule has 7 N–H and O–H groups in total. The molecule has 11 nitrogen and oxygen atoms in total. The van der Waals surface area contributed by atoms with Crippen molar-refractivity contribution in [3.05, 3.63) is 0 Å². The summed E-state index contributed by atoms with van der Waals surface area (Å²) in [5, 5.41) is 12.4. The van der Waals surface area contributed by atoms with E-state index in [-0.39, 0.29) is 24.8 Å². The number of aldehydes is 1. The summed E-state index contributed by atoms with van der Waals surface area (Å²) in [7, 11) is 0. The Labute approximate surface area is 195 Å². The maximum Gasteiger partial charge on any atom is 0.336 e. The van der Waals surface area contributed by atoms with Gasteiger partial charge < -0.3 is 36.5 Å². The monoisotopic (exact) mass is 468 g/mol. The van der Waals surface area contributed by atoms with Crippen LogP contribution in [0.5, 0.6) is 0 Å². The molecule has 3 atom stereocenters. The molecule has 0 aromatic rings. The van der Waals surface area contributed by atoms with E-state index < -0.39 is 41.0 Å². The fourth-order valence-electron chi connectivity index (χ4n) is 3.81. The Hall–Kier alpha value is -2.69. The summed E-state index contributed by atoms with van der Waals surface area (Å²) in [5.41, 5.74) is 8.87. The first kappa shape index (κ1) is 28.3.